The van der Waals surface area contributed by atoms with Crippen molar-refractivity contribution in [2.45, 2.75) is 20.5 Å². The van der Waals surface area contributed by atoms with E-state index in [0.29, 0.717) is 17.0 Å². The van der Waals surface area contributed by atoms with Crippen molar-refractivity contribution in [3.8, 4) is 22.9 Å². The van der Waals surface area contributed by atoms with Gasteiger partial charge in [-0.1, -0.05) is 11.6 Å². The highest BCUT2D eigenvalue weighted by Gasteiger charge is 2.21. The van der Waals surface area contributed by atoms with Gasteiger partial charge in [0, 0.05) is 12.1 Å². The quantitative estimate of drug-likeness (QED) is 0.339. The highest BCUT2D eigenvalue weighted by atomic mass is 35.5. The summed E-state index contributed by atoms with van der Waals surface area (Å²) in [5.74, 6) is -2.48. The minimum absolute atomic E-state index is 0.00944. The van der Waals surface area contributed by atoms with Crippen molar-refractivity contribution in [3.63, 3.8) is 0 Å². The number of hydrogen-bond donors (Lipinski definition) is 1. The Bertz CT molecular complexity index is 1570. The zero-order valence-electron chi connectivity index (χ0n) is 20.1. The zero-order chi connectivity index (χ0) is 26.9. The number of nitrogens with zero attached hydrogens (tertiary/aromatic N) is 3. The number of carbonyl (C=O) groups is 1. The van der Waals surface area contributed by atoms with E-state index in [-0.39, 0.29) is 39.2 Å². The van der Waals surface area contributed by atoms with Crippen molar-refractivity contribution < 1.29 is 32.5 Å². The molecular formula is C24H21ClF2N4O6. The molecule has 4 rings (SSSR count). The van der Waals surface area contributed by atoms with E-state index in [1.165, 1.54) is 37.0 Å². The molecule has 2 aromatic heterocycles. The summed E-state index contributed by atoms with van der Waals surface area (Å²) in [4.78, 5) is 35.8. The number of aromatic nitrogens is 4. The van der Waals surface area contributed by atoms with Gasteiger partial charge in [-0.2, -0.15) is 0 Å². The standard InChI is InChI=1S/C24H21ClF2N4O6/c1-11-22-23(29-12(2)28-11)31(24(33)30-22)16-8-19(18(7-14(16)25)37-10-20(32)35-4)36-9-13-17(34-3)6-5-15(26)21(13)27/h5-8H,9-10H2,1-4H3,(H,30,33). The number of carbonyl (C=O) groups excluding carboxylic acids is 1. The van der Waals surface area contributed by atoms with Crippen molar-refractivity contribution >= 4 is 28.7 Å². The van der Waals surface area contributed by atoms with Gasteiger partial charge in [-0.25, -0.2) is 32.9 Å². The van der Waals surface area contributed by atoms with Gasteiger partial charge in [0.2, 0.25) is 0 Å². The number of benzene rings is 2. The van der Waals surface area contributed by atoms with Crippen molar-refractivity contribution in [2.24, 2.45) is 0 Å². The van der Waals surface area contributed by atoms with Crippen LogP contribution >= 0.6 is 11.6 Å². The Labute approximate surface area is 213 Å². The van der Waals surface area contributed by atoms with Crippen LogP contribution in [0.3, 0.4) is 0 Å². The third-order valence-electron chi connectivity index (χ3n) is 5.40. The fourth-order valence-corrected chi connectivity index (χ4v) is 3.89. The van der Waals surface area contributed by atoms with E-state index in [1.54, 1.807) is 13.8 Å². The number of halogens is 3. The molecular weight excluding hydrogens is 514 g/mol. The number of esters is 1. The van der Waals surface area contributed by atoms with Gasteiger partial charge in [-0.05, 0) is 26.0 Å². The highest BCUT2D eigenvalue weighted by molar-refractivity contribution is 6.32. The Hall–Kier alpha value is -4.19. The number of fused-ring (bicyclic) bond motifs is 1. The number of nitrogens with one attached hydrogen (secondary N) is 1. The van der Waals surface area contributed by atoms with Crippen molar-refractivity contribution in [3.05, 3.63) is 68.5 Å². The maximum absolute atomic E-state index is 14.5. The van der Waals surface area contributed by atoms with Crippen molar-refractivity contribution in [2.75, 3.05) is 20.8 Å². The summed E-state index contributed by atoms with van der Waals surface area (Å²) in [6.07, 6.45) is 0. The molecule has 0 aliphatic carbocycles. The lowest BCUT2D eigenvalue weighted by Crippen LogP contribution is -2.17. The van der Waals surface area contributed by atoms with E-state index >= 15 is 0 Å². The fraction of sp³-hybridized carbons (Fsp3) is 0.250. The minimum atomic E-state index is -1.15. The topological polar surface area (TPSA) is 118 Å². The third kappa shape index (κ3) is 5.05. The van der Waals surface area contributed by atoms with E-state index in [0.717, 1.165) is 6.07 Å². The van der Waals surface area contributed by atoms with Gasteiger partial charge in [-0.15, -0.1) is 0 Å². The van der Waals surface area contributed by atoms with Crippen LogP contribution < -0.4 is 19.9 Å². The largest absolute Gasteiger partial charge is 0.496 e. The Morgan fingerprint density at radius 1 is 1.08 bits per heavy atom. The van der Waals surface area contributed by atoms with Gasteiger partial charge in [0.15, 0.2) is 35.4 Å². The predicted molar refractivity (Wildman–Crippen MR) is 129 cm³/mol. The lowest BCUT2D eigenvalue weighted by molar-refractivity contribution is -0.142. The number of aromatic amines is 1. The lowest BCUT2D eigenvalue weighted by Gasteiger charge is -2.17. The molecule has 0 spiro atoms. The minimum Gasteiger partial charge on any atom is -0.496 e. The number of ether oxygens (including phenoxy) is 4. The summed E-state index contributed by atoms with van der Waals surface area (Å²) in [5.41, 5.74) is 0.643. The van der Waals surface area contributed by atoms with Gasteiger partial charge in [-0.3, -0.25) is 0 Å². The smallest absolute Gasteiger partial charge is 0.343 e. The van der Waals surface area contributed by atoms with Crippen LogP contribution in [0, 0.1) is 25.5 Å². The molecule has 37 heavy (non-hydrogen) atoms. The lowest BCUT2D eigenvalue weighted by atomic mass is 10.2. The van der Waals surface area contributed by atoms with Crippen LogP contribution in [0.15, 0.2) is 29.1 Å². The molecule has 2 heterocycles. The van der Waals surface area contributed by atoms with Crippen LogP contribution in [0.4, 0.5) is 8.78 Å². The average molecular weight is 535 g/mol. The second kappa shape index (κ2) is 10.4. The Morgan fingerprint density at radius 3 is 2.51 bits per heavy atom. The maximum atomic E-state index is 14.5. The molecule has 0 radical (unpaired) electrons. The molecule has 194 valence electrons. The molecule has 0 saturated heterocycles. The van der Waals surface area contributed by atoms with Crippen LogP contribution in [0.2, 0.25) is 5.02 Å². The van der Waals surface area contributed by atoms with E-state index in [2.05, 4.69) is 19.7 Å². The van der Waals surface area contributed by atoms with E-state index in [4.69, 9.17) is 25.8 Å². The SMILES string of the molecule is COC(=O)COc1cc(Cl)c(-n2c(=O)[nH]c3c(C)nc(C)nc32)cc1OCc1c(OC)ccc(F)c1F. The van der Waals surface area contributed by atoms with E-state index in [1.807, 2.05) is 0 Å². The first-order valence-electron chi connectivity index (χ1n) is 10.8. The average Bonchev–Trinajstić information content (AvgIpc) is 3.19. The Morgan fingerprint density at radius 2 is 1.81 bits per heavy atom. The first kappa shape index (κ1) is 25.9. The van der Waals surface area contributed by atoms with Gasteiger partial charge in [0.25, 0.3) is 0 Å². The third-order valence-corrected chi connectivity index (χ3v) is 5.70. The number of methoxy groups -OCH3 is 2. The normalized spacial score (nSPS) is 11.0. The summed E-state index contributed by atoms with van der Waals surface area (Å²) < 4.78 is 50.6. The Kier molecular flexibility index (Phi) is 7.30. The maximum Gasteiger partial charge on any atom is 0.343 e. The first-order chi connectivity index (χ1) is 17.6. The number of aryl methyl sites for hydroxylation is 2. The predicted octanol–water partition coefficient (Wildman–Crippen LogP) is 3.80. The molecule has 0 saturated carbocycles. The molecule has 4 aromatic rings. The van der Waals surface area contributed by atoms with Crippen molar-refractivity contribution in [1.82, 2.24) is 19.5 Å². The van der Waals surface area contributed by atoms with Crippen LogP contribution in [0.5, 0.6) is 17.2 Å². The Balaban J connectivity index is 1.83. The summed E-state index contributed by atoms with van der Waals surface area (Å²) in [5, 5.41) is 0.0543. The summed E-state index contributed by atoms with van der Waals surface area (Å²) in [6.45, 7) is 2.43. The van der Waals surface area contributed by atoms with Gasteiger partial charge < -0.3 is 23.9 Å². The second-order valence-electron chi connectivity index (χ2n) is 7.77. The number of imidazole rings is 1. The molecule has 10 nitrogen and oxygen atoms in total. The number of H-pyrrole nitrogens is 1. The second-order valence-corrected chi connectivity index (χ2v) is 8.17. The summed E-state index contributed by atoms with van der Waals surface area (Å²) >= 11 is 6.51. The van der Waals surface area contributed by atoms with E-state index in [9.17, 15) is 18.4 Å². The molecule has 2 aromatic carbocycles. The molecule has 0 aliphatic rings. The molecule has 0 fully saturated rings. The number of hydrogen-bond acceptors (Lipinski definition) is 8. The molecule has 0 amide bonds. The van der Waals surface area contributed by atoms with Gasteiger partial charge in [0.1, 0.15) is 23.7 Å². The van der Waals surface area contributed by atoms with Crippen LogP contribution in [0.1, 0.15) is 17.1 Å². The van der Waals surface area contributed by atoms with Crippen molar-refractivity contribution in [1.29, 1.82) is 0 Å². The van der Waals surface area contributed by atoms with E-state index < -0.39 is 36.5 Å². The van der Waals surface area contributed by atoms with Crippen LogP contribution in [-0.2, 0) is 16.1 Å². The fourth-order valence-electron chi connectivity index (χ4n) is 3.65. The molecule has 1 N–H and O–H groups in total. The first-order valence-corrected chi connectivity index (χ1v) is 11.2. The molecule has 0 atom stereocenters. The van der Waals surface area contributed by atoms with Crippen LogP contribution in [-0.4, -0.2) is 46.3 Å². The molecule has 13 heteroatoms. The molecule has 0 aliphatic heterocycles. The van der Waals surface area contributed by atoms with Gasteiger partial charge >= 0.3 is 11.7 Å². The highest BCUT2D eigenvalue weighted by Crippen LogP contribution is 2.37. The molecule has 0 bridgehead atoms. The molecule has 0 unspecified atom stereocenters. The van der Waals surface area contributed by atoms with Crippen LogP contribution in [0.25, 0.3) is 16.9 Å². The zero-order valence-corrected chi connectivity index (χ0v) is 20.9. The monoisotopic (exact) mass is 534 g/mol. The number of rotatable bonds is 8. The van der Waals surface area contributed by atoms with Gasteiger partial charge in [0.05, 0.1) is 36.2 Å². The summed E-state index contributed by atoms with van der Waals surface area (Å²) in [6, 6.07) is 4.87. The summed E-state index contributed by atoms with van der Waals surface area (Å²) in [7, 11) is 2.49.